The fourth-order valence-electron chi connectivity index (χ4n) is 3.51. The molecule has 1 nitrogen and oxygen atoms in total. The van der Waals surface area contributed by atoms with Crippen molar-refractivity contribution in [2.24, 2.45) is 5.92 Å². The van der Waals surface area contributed by atoms with Crippen LogP contribution in [0.1, 0.15) is 74.1 Å². The van der Waals surface area contributed by atoms with Crippen LogP contribution in [-0.2, 0) is 0 Å². The highest BCUT2D eigenvalue weighted by atomic mass is 14.9. The minimum Gasteiger partial charge on any atom is -0.363 e. The normalized spacial score (nSPS) is 18.3. The molecule has 0 amide bonds. The summed E-state index contributed by atoms with van der Waals surface area (Å²) in [5.74, 6) is 0.583. The molecule has 1 unspecified atom stereocenters. The molecule has 0 aromatic rings. The number of allylic oxidation sites excluding steroid dienone is 13. The van der Waals surface area contributed by atoms with E-state index in [4.69, 9.17) is 0 Å². The fourth-order valence-corrected chi connectivity index (χ4v) is 3.51. The van der Waals surface area contributed by atoms with Crippen molar-refractivity contribution < 1.29 is 0 Å². The van der Waals surface area contributed by atoms with Crippen LogP contribution in [0.4, 0.5) is 0 Å². The highest BCUT2D eigenvalue weighted by molar-refractivity contribution is 5.42. The molecule has 1 heteroatoms. The van der Waals surface area contributed by atoms with E-state index in [1.807, 2.05) is 13.8 Å². The second kappa shape index (κ2) is 11.6. The Morgan fingerprint density at radius 1 is 1.15 bits per heavy atom. The molecule has 2 aliphatic carbocycles. The molecule has 0 bridgehead atoms. The quantitative estimate of drug-likeness (QED) is 0.451. The molecule has 1 N–H and O–H groups in total. The van der Waals surface area contributed by atoms with Crippen LogP contribution in [-0.4, -0.2) is 0 Å². The number of nitrogens with one attached hydrogen (secondary N) is 1. The van der Waals surface area contributed by atoms with Gasteiger partial charge in [0.2, 0.25) is 0 Å². The van der Waals surface area contributed by atoms with E-state index in [0.29, 0.717) is 5.92 Å². The molecular weight excluding hydrogens is 326 g/mol. The zero-order chi connectivity index (χ0) is 20.4. The minimum atomic E-state index is 0.583. The van der Waals surface area contributed by atoms with Gasteiger partial charge < -0.3 is 5.32 Å². The fraction of sp³-hybridized carbons (Fsp3) is 0.462. The lowest BCUT2D eigenvalue weighted by Crippen LogP contribution is -2.13. The van der Waals surface area contributed by atoms with E-state index in [0.717, 1.165) is 31.4 Å². The molecule has 0 spiro atoms. The van der Waals surface area contributed by atoms with Crippen molar-refractivity contribution in [1.29, 1.82) is 0 Å². The predicted molar refractivity (Wildman–Crippen MR) is 122 cm³/mol. The van der Waals surface area contributed by atoms with E-state index in [2.05, 4.69) is 83.0 Å². The molecule has 0 saturated carbocycles. The number of hydrogen-bond donors (Lipinski definition) is 1. The van der Waals surface area contributed by atoms with Gasteiger partial charge in [-0.15, -0.1) is 0 Å². The first kappa shape index (κ1) is 23.0. The van der Waals surface area contributed by atoms with Crippen LogP contribution in [0.2, 0.25) is 0 Å². The minimum absolute atomic E-state index is 0.583. The first-order chi connectivity index (χ1) is 12.9. The van der Waals surface area contributed by atoms with Gasteiger partial charge >= 0.3 is 0 Å². The topological polar surface area (TPSA) is 12.0 Å². The summed E-state index contributed by atoms with van der Waals surface area (Å²) in [4.78, 5) is 0. The summed E-state index contributed by atoms with van der Waals surface area (Å²) in [5, 5.41) is 3.54. The van der Waals surface area contributed by atoms with E-state index in [1.165, 1.54) is 33.6 Å². The Morgan fingerprint density at radius 3 is 2.48 bits per heavy atom. The van der Waals surface area contributed by atoms with Crippen molar-refractivity contribution in [2.45, 2.75) is 74.1 Å². The van der Waals surface area contributed by atoms with Crippen LogP contribution < -0.4 is 5.32 Å². The highest BCUT2D eigenvalue weighted by Crippen LogP contribution is 2.30. The summed E-state index contributed by atoms with van der Waals surface area (Å²) in [6.07, 6.45) is 17.8. The van der Waals surface area contributed by atoms with E-state index in [-0.39, 0.29) is 0 Å². The Labute approximate surface area is 168 Å². The monoisotopic (exact) mass is 365 g/mol. The van der Waals surface area contributed by atoms with Gasteiger partial charge in [0, 0.05) is 17.3 Å². The average Bonchev–Trinajstić information content (AvgIpc) is 2.68. The molecule has 0 aliphatic heterocycles. The maximum absolute atomic E-state index is 4.25. The SMILES string of the molecule is C=C(CCC1=CCC2C=CC=CC2=C1)N/C(C)=C(\CC)C(C)=C(C)C.CC. The van der Waals surface area contributed by atoms with E-state index in [9.17, 15) is 0 Å². The van der Waals surface area contributed by atoms with Gasteiger partial charge in [-0.2, -0.15) is 0 Å². The smallest absolute Gasteiger partial charge is 0.0151 e. The van der Waals surface area contributed by atoms with Gasteiger partial charge in [-0.05, 0) is 70.1 Å². The van der Waals surface area contributed by atoms with Gasteiger partial charge in [-0.3, -0.25) is 0 Å². The average molecular weight is 366 g/mol. The van der Waals surface area contributed by atoms with Crippen molar-refractivity contribution >= 4 is 0 Å². The van der Waals surface area contributed by atoms with E-state index < -0.39 is 0 Å². The third kappa shape index (κ3) is 6.90. The van der Waals surface area contributed by atoms with Crippen LogP contribution in [0.3, 0.4) is 0 Å². The summed E-state index contributed by atoms with van der Waals surface area (Å²) in [5.41, 5.74) is 9.40. The molecule has 0 aromatic carbocycles. The van der Waals surface area contributed by atoms with Gasteiger partial charge in [0.1, 0.15) is 0 Å². The molecule has 2 aliphatic rings. The van der Waals surface area contributed by atoms with Crippen LogP contribution in [0.15, 0.2) is 82.3 Å². The molecular formula is C26H39N. The van der Waals surface area contributed by atoms with E-state index in [1.54, 1.807) is 0 Å². The first-order valence-electron chi connectivity index (χ1n) is 10.5. The highest BCUT2D eigenvalue weighted by Gasteiger charge is 2.15. The van der Waals surface area contributed by atoms with E-state index >= 15 is 0 Å². The van der Waals surface area contributed by atoms with Crippen LogP contribution in [0, 0.1) is 5.92 Å². The summed E-state index contributed by atoms with van der Waals surface area (Å²) in [6.45, 7) is 19.2. The van der Waals surface area contributed by atoms with Gasteiger partial charge in [-0.1, -0.05) is 75.0 Å². The van der Waals surface area contributed by atoms with Gasteiger partial charge in [-0.25, -0.2) is 0 Å². The van der Waals surface area contributed by atoms with Gasteiger partial charge in [0.05, 0.1) is 0 Å². The Balaban J connectivity index is 0.00000176. The van der Waals surface area contributed by atoms with Crippen molar-refractivity contribution in [3.8, 4) is 0 Å². The van der Waals surface area contributed by atoms with Crippen LogP contribution in [0.25, 0.3) is 0 Å². The lowest BCUT2D eigenvalue weighted by molar-refractivity contribution is 0.753. The first-order valence-corrected chi connectivity index (χ1v) is 10.5. The molecule has 27 heavy (non-hydrogen) atoms. The summed E-state index contributed by atoms with van der Waals surface area (Å²) in [6, 6.07) is 0. The lowest BCUT2D eigenvalue weighted by Gasteiger charge is -2.21. The molecule has 1 atom stereocenters. The Hall–Kier alpha value is -2.02. The van der Waals surface area contributed by atoms with Crippen LogP contribution in [0.5, 0.6) is 0 Å². The van der Waals surface area contributed by atoms with Gasteiger partial charge in [0.25, 0.3) is 0 Å². The second-order valence-corrected chi connectivity index (χ2v) is 7.32. The lowest BCUT2D eigenvalue weighted by atomic mass is 9.84. The zero-order valence-corrected chi connectivity index (χ0v) is 18.6. The maximum atomic E-state index is 4.25. The Morgan fingerprint density at radius 2 is 1.85 bits per heavy atom. The number of fused-ring (bicyclic) bond motifs is 1. The van der Waals surface area contributed by atoms with Crippen LogP contribution >= 0.6 is 0 Å². The molecule has 0 heterocycles. The number of rotatable bonds is 7. The largest absolute Gasteiger partial charge is 0.363 e. The van der Waals surface area contributed by atoms with Gasteiger partial charge in [0.15, 0.2) is 0 Å². The summed E-state index contributed by atoms with van der Waals surface area (Å²) >= 11 is 0. The van der Waals surface area contributed by atoms with Crippen molar-refractivity contribution in [2.75, 3.05) is 0 Å². The molecule has 0 fully saturated rings. The van der Waals surface area contributed by atoms with Crippen molar-refractivity contribution in [1.82, 2.24) is 5.32 Å². The molecule has 0 radical (unpaired) electrons. The third-order valence-corrected chi connectivity index (χ3v) is 5.25. The summed E-state index contributed by atoms with van der Waals surface area (Å²) < 4.78 is 0. The van der Waals surface area contributed by atoms with Crippen molar-refractivity contribution in [3.05, 3.63) is 82.3 Å². The third-order valence-electron chi connectivity index (χ3n) is 5.25. The van der Waals surface area contributed by atoms with Crippen molar-refractivity contribution in [3.63, 3.8) is 0 Å². The second-order valence-electron chi connectivity index (χ2n) is 7.32. The standard InChI is InChI=1S/C24H33N.C2H6/c1-7-24(19(5)17(2)3)20(6)25-18(4)12-13-21-14-15-22-10-8-9-11-23(22)16-21;1-2/h8-11,14,16,22,25H,4,7,12-13,15H2,1-3,5-6H3;1-2H3/b24-20+;. The zero-order valence-electron chi connectivity index (χ0n) is 18.6. The summed E-state index contributed by atoms with van der Waals surface area (Å²) in [7, 11) is 0. The molecule has 2 rings (SSSR count). The molecule has 0 saturated heterocycles. The molecule has 0 aromatic heterocycles. The Kier molecular flexibility index (Phi) is 9.93. The Bertz CT molecular complexity index is 700. The molecule has 148 valence electrons. The predicted octanol–water partition coefficient (Wildman–Crippen LogP) is 7.94. The maximum Gasteiger partial charge on any atom is 0.0151 e. The number of hydrogen-bond acceptors (Lipinski definition) is 1.